The number of benzene rings is 3. The van der Waals surface area contributed by atoms with Crippen molar-refractivity contribution in [2.75, 3.05) is 6.61 Å². The predicted octanol–water partition coefficient (Wildman–Crippen LogP) is 5.97. The molecule has 0 bridgehead atoms. The lowest BCUT2D eigenvalue weighted by Gasteiger charge is -2.13. The van der Waals surface area contributed by atoms with Crippen LogP contribution in [0.1, 0.15) is 28.6 Å². The predicted molar refractivity (Wildman–Crippen MR) is 125 cm³/mol. The van der Waals surface area contributed by atoms with Crippen molar-refractivity contribution in [3.05, 3.63) is 94.5 Å². The number of hydrogen-bond donors (Lipinski definition) is 1. The molecule has 0 saturated carbocycles. The number of fused-ring (bicyclic) bond motifs is 1. The van der Waals surface area contributed by atoms with Crippen LogP contribution in [0.4, 0.5) is 4.39 Å². The van der Waals surface area contributed by atoms with Crippen LogP contribution >= 0.6 is 11.6 Å². The average Bonchev–Trinajstić information content (AvgIpc) is 3.23. The van der Waals surface area contributed by atoms with Crippen molar-refractivity contribution in [2.24, 2.45) is 5.10 Å². The Labute approximate surface area is 194 Å². The Morgan fingerprint density at radius 3 is 2.76 bits per heavy atom. The van der Waals surface area contributed by atoms with Gasteiger partial charge in [0.2, 0.25) is 0 Å². The topological polar surface area (TPSA) is 73.1 Å². The van der Waals surface area contributed by atoms with Gasteiger partial charge in [0.1, 0.15) is 18.0 Å². The van der Waals surface area contributed by atoms with Crippen LogP contribution in [0, 0.1) is 5.82 Å². The molecule has 1 aromatic heterocycles. The van der Waals surface area contributed by atoms with E-state index in [1.165, 1.54) is 12.3 Å². The number of halogens is 2. The van der Waals surface area contributed by atoms with Gasteiger partial charge in [-0.15, -0.1) is 0 Å². The monoisotopic (exact) mass is 466 g/mol. The van der Waals surface area contributed by atoms with Crippen molar-refractivity contribution in [3.63, 3.8) is 0 Å². The van der Waals surface area contributed by atoms with Crippen molar-refractivity contribution < 1.29 is 23.1 Å². The van der Waals surface area contributed by atoms with Crippen molar-refractivity contribution in [2.45, 2.75) is 13.5 Å². The maximum absolute atomic E-state index is 13.8. The second-order valence-corrected chi connectivity index (χ2v) is 7.45. The van der Waals surface area contributed by atoms with Crippen molar-refractivity contribution in [1.29, 1.82) is 0 Å². The number of hydrogen-bond acceptors (Lipinski definition) is 5. The molecule has 0 unspecified atom stereocenters. The van der Waals surface area contributed by atoms with Gasteiger partial charge in [-0.25, -0.2) is 9.82 Å². The minimum Gasteiger partial charge on any atom is -0.490 e. The van der Waals surface area contributed by atoms with Crippen LogP contribution in [0.3, 0.4) is 0 Å². The molecular weight excluding hydrogens is 447 g/mol. The first-order valence-corrected chi connectivity index (χ1v) is 10.6. The summed E-state index contributed by atoms with van der Waals surface area (Å²) in [6.07, 6.45) is 1.47. The number of amides is 1. The molecule has 8 heteroatoms. The van der Waals surface area contributed by atoms with Gasteiger partial charge in [0, 0.05) is 16.0 Å². The van der Waals surface area contributed by atoms with Crippen LogP contribution in [0.5, 0.6) is 11.5 Å². The minimum atomic E-state index is -0.492. The van der Waals surface area contributed by atoms with Crippen molar-refractivity contribution in [1.82, 2.24) is 5.43 Å². The fourth-order valence-corrected chi connectivity index (χ4v) is 3.29. The average molecular weight is 467 g/mol. The molecule has 0 aliphatic carbocycles. The summed E-state index contributed by atoms with van der Waals surface area (Å²) in [4.78, 5) is 12.3. The summed E-state index contributed by atoms with van der Waals surface area (Å²) in [5.41, 5.74) is 4.11. The van der Waals surface area contributed by atoms with Gasteiger partial charge in [0.15, 0.2) is 17.3 Å². The number of furan rings is 1. The summed E-state index contributed by atoms with van der Waals surface area (Å²) in [6.45, 7) is 2.34. The summed E-state index contributed by atoms with van der Waals surface area (Å²) in [5, 5.41) is 5.27. The molecule has 4 aromatic rings. The highest BCUT2D eigenvalue weighted by atomic mass is 35.5. The zero-order valence-corrected chi connectivity index (χ0v) is 18.4. The van der Waals surface area contributed by atoms with Gasteiger partial charge in [0.05, 0.1) is 12.8 Å². The lowest BCUT2D eigenvalue weighted by atomic mass is 10.2. The fourth-order valence-electron chi connectivity index (χ4n) is 3.11. The molecule has 1 N–H and O–H groups in total. The molecular formula is C25H20ClFN2O4. The fraction of sp³-hybridized carbons (Fsp3) is 0.120. The van der Waals surface area contributed by atoms with Crippen LogP contribution in [-0.2, 0) is 6.61 Å². The van der Waals surface area contributed by atoms with Gasteiger partial charge >= 0.3 is 5.91 Å². The van der Waals surface area contributed by atoms with Gasteiger partial charge < -0.3 is 13.9 Å². The third-order valence-corrected chi connectivity index (χ3v) is 4.93. The zero-order chi connectivity index (χ0) is 23.2. The van der Waals surface area contributed by atoms with E-state index in [1.807, 2.05) is 6.92 Å². The molecule has 6 nitrogen and oxygen atoms in total. The molecule has 3 aromatic carbocycles. The molecule has 1 heterocycles. The van der Waals surface area contributed by atoms with Gasteiger partial charge in [0.25, 0.3) is 0 Å². The van der Waals surface area contributed by atoms with E-state index in [-0.39, 0.29) is 18.2 Å². The highest BCUT2D eigenvalue weighted by molar-refractivity contribution is 6.31. The largest absolute Gasteiger partial charge is 0.490 e. The number of nitrogens with zero attached hydrogens (tertiary/aromatic N) is 1. The van der Waals surface area contributed by atoms with Crippen LogP contribution in [0.25, 0.3) is 11.0 Å². The van der Waals surface area contributed by atoms with E-state index in [1.54, 1.807) is 60.7 Å². The van der Waals surface area contributed by atoms with Gasteiger partial charge in [-0.1, -0.05) is 29.8 Å². The van der Waals surface area contributed by atoms with E-state index in [0.29, 0.717) is 39.8 Å². The molecule has 0 aliphatic rings. The first-order chi connectivity index (χ1) is 16.0. The van der Waals surface area contributed by atoms with Crippen LogP contribution < -0.4 is 14.9 Å². The molecule has 1 amide bonds. The van der Waals surface area contributed by atoms with Crippen LogP contribution in [0.2, 0.25) is 5.02 Å². The molecule has 33 heavy (non-hydrogen) atoms. The third kappa shape index (κ3) is 5.51. The number of nitrogens with one attached hydrogen (secondary N) is 1. The van der Waals surface area contributed by atoms with E-state index in [9.17, 15) is 9.18 Å². The number of carbonyl (C=O) groups excluding carboxylic acids is 1. The molecule has 0 saturated heterocycles. The molecule has 4 rings (SSSR count). The minimum absolute atomic E-state index is 0.0684. The van der Waals surface area contributed by atoms with E-state index in [0.717, 1.165) is 5.39 Å². The molecule has 0 fully saturated rings. The maximum Gasteiger partial charge on any atom is 0.307 e. The number of carbonyl (C=O) groups is 1. The standard InChI is InChI=1S/C25H20ClFN2O4/c1-2-31-23-11-16(7-9-22(23)32-15-17-5-3-4-6-20(17)27)14-28-29-25(30)24-13-18-12-19(26)8-10-21(18)33-24/h3-14H,2,15H2,1H3,(H,29,30)/b28-14+. The second kappa shape index (κ2) is 10.2. The highest BCUT2D eigenvalue weighted by Gasteiger charge is 2.12. The molecule has 0 aliphatic heterocycles. The van der Waals surface area contributed by atoms with E-state index < -0.39 is 5.91 Å². The lowest BCUT2D eigenvalue weighted by molar-refractivity contribution is 0.0929. The zero-order valence-electron chi connectivity index (χ0n) is 17.7. The Hall–Kier alpha value is -3.84. The number of rotatable bonds is 8. The normalized spacial score (nSPS) is 11.1. The quantitative estimate of drug-likeness (QED) is 0.256. The van der Waals surface area contributed by atoms with E-state index in [2.05, 4.69) is 10.5 Å². The molecule has 0 radical (unpaired) electrons. The Bertz CT molecular complexity index is 1320. The van der Waals surface area contributed by atoms with Crippen LogP contribution in [-0.4, -0.2) is 18.7 Å². The molecule has 0 spiro atoms. The summed E-state index contributed by atoms with van der Waals surface area (Å²) in [6, 6.07) is 18.3. The molecule has 0 atom stereocenters. The van der Waals surface area contributed by atoms with Crippen molar-refractivity contribution >= 4 is 34.7 Å². The third-order valence-electron chi connectivity index (χ3n) is 4.69. The van der Waals surface area contributed by atoms with Crippen LogP contribution in [0.15, 0.2) is 76.2 Å². The first-order valence-electron chi connectivity index (χ1n) is 10.2. The summed E-state index contributed by atoms with van der Waals surface area (Å²) in [5.74, 6) is 0.257. The Kier molecular flexibility index (Phi) is 6.90. The van der Waals surface area contributed by atoms with Crippen molar-refractivity contribution in [3.8, 4) is 11.5 Å². The van der Waals surface area contributed by atoms with Gasteiger partial charge in [-0.2, -0.15) is 5.10 Å². The SMILES string of the molecule is CCOc1cc(/C=N/NC(=O)c2cc3cc(Cl)ccc3o2)ccc1OCc1ccccc1F. The van der Waals surface area contributed by atoms with Gasteiger partial charge in [-0.3, -0.25) is 4.79 Å². The summed E-state index contributed by atoms with van der Waals surface area (Å²) >= 11 is 5.96. The van der Waals surface area contributed by atoms with E-state index >= 15 is 0 Å². The first kappa shape index (κ1) is 22.4. The number of hydrazone groups is 1. The summed E-state index contributed by atoms with van der Waals surface area (Å²) < 4.78 is 30.7. The van der Waals surface area contributed by atoms with E-state index in [4.69, 9.17) is 25.5 Å². The lowest BCUT2D eigenvalue weighted by Crippen LogP contribution is -2.16. The highest BCUT2D eigenvalue weighted by Crippen LogP contribution is 2.29. The smallest absolute Gasteiger partial charge is 0.307 e. The second-order valence-electron chi connectivity index (χ2n) is 7.01. The summed E-state index contributed by atoms with van der Waals surface area (Å²) in [7, 11) is 0. The molecule has 168 valence electrons. The Morgan fingerprint density at radius 1 is 1.09 bits per heavy atom. The number of ether oxygens (including phenoxy) is 2. The van der Waals surface area contributed by atoms with Gasteiger partial charge in [-0.05, 0) is 61.0 Å². The Balaban J connectivity index is 1.42. The maximum atomic E-state index is 13.8. The Morgan fingerprint density at radius 2 is 1.94 bits per heavy atom.